The second-order valence-electron chi connectivity index (χ2n) is 5.11. The van der Waals surface area contributed by atoms with Gasteiger partial charge < -0.3 is 15.5 Å². The van der Waals surface area contributed by atoms with E-state index in [0.717, 1.165) is 11.1 Å². The molecule has 2 aromatic rings. The number of phenolic OH excluding ortho intramolecular Hbond substituents is 1. The van der Waals surface area contributed by atoms with Crippen LogP contribution in [0.15, 0.2) is 42.5 Å². The summed E-state index contributed by atoms with van der Waals surface area (Å²) in [6, 6.07) is 12.5. The summed E-state index contributed by atoms with van der Waals surface area (Å²) >= 11 is 0. The molecule has 1 amide bonds. The number of rotatable bonds is 4. The maximum Gasteiger partial charge on any atom is 0.255 e. The van der Waals surface area contributed by atoms with Crippen LogP contribution in [-0.4, -0.2) is 22.7 Å². The van der Waals surface area contributed by atoms with Crippen LogP contribution in [0.5, 0.6) is 5.75 Å². The fraction of sp³-hybridized carbons (Fsp3) is 0.235. The van der Waals surface area contributed by atoms with E-state index in [1.54, 1.807) is 25.1 Å². The quantitative estimate of drug-likeness (QED) is 0.808. The minimum Gasteiger partial charge on any atom is -0.507 e. The van der Waals surface area contributed by atoms with Gasteiger partial charge in [0.25, 0.3) is 5.91 Å². The second-order valence-corrected chi connectivity index (χ2v) is 5.11. The van der Waals surface area contributed by atoms with Gasteiger partial charge in [-0.15, -0.1) is 0 Å². The van der Waals surface area contributed by atoms with Crippen molar-refractivity contribution < 1.29 is 15.0 Å². The number of hydrogen-bond donors (Lipinski definition) is 3. The van der Waals surface area contributed by atoms with E-state index in [-0.39, 0.29) is 17.9 Å². The summed E-state index contributed by atoms with van der Waals surface area (Å²) in [5.41, 5.74) is 2.71. The maximum absolute atomic E-state index is 12.0. The third kappa shape index (κ3) is 3.61. The van der Waals surface area contributed by atoms with Crippen molar-refractivity contribution in [3.8, 4) is 5.75 Å². The van der Waals surface area contributed by atoms with Gasteiger partial charge in [-0.3, -0.25) is 4.79 Å². The van der Waals surface area contributed by atoms with Crippen LogP contribution in [0.2, 0.25) is 0 Å². The number of nitrogens with one attached hydrogen (secondary N) is 1. The molecular weight excluding hydrogens is 266 g/mol. The summed E-state index contributed by atoms with van der Waals surface area (Å²) < 4.78 is 0. The topological polar surface area (TPSA) is 69.6 Å². The van der Waals surface area contributed by atoms with Crippen LogP contribution in [-0.2, 0) is 0 Å². The molecule has 1 atom stereocenters. The van der Waals surface area contributed by atoms with Crippen LogP contribution in [0.1, 0.15) is 33.2 Å². The zero-order valence-electron chi connectivity index (χ0n) is 12.1. The van der Waals surface area contributed by atoms with Crippen LogP contribution in [0.4, 0.5) is 0 Å². The normalized spacial score (nSPS) is 12.0. The fourth-order valence-corrected chi connectivity index (χ4v) is 2.03. The van der Waals surface area contributed by atoms with Crippen molar-refractivity contribution >= 4 is 5.91 Å². The monoisotopic (exact) mass is 285 g/mol. The Morgan fingerprint density at radius 2 is 1.81 bits per heavy atom. The highest BCUT2D eigenvalue weighted by atomic mass is 16.3. The van der Waals surface area contributed by atoms with Crippen molar-refractivity contribution in [1.29, 1.82) is 0 Å². The van der Waals surface area contributed by atoms with Gasteiger partial charge in [-0.1, -0.05) is 42.0 Å². The molecule has 0 aliphatic heterocycles. The molecule has 0 spiro atoms. The molecule has 21 heavy (non-hydrogen) atoms. The minimum atomic E-state index is -0.776. The van der Waals surface area contributed by atoms with Crippen LogP contribution in [0.25, 0.3) is 0 Å². The number of hydrogen-bond acceptors (Lipinski definition) is 3. The lowest BCUT2D eigenvalue weighted by molar-refractivity contribution is 0.0913. The lowest BCUT2D eigenvalue weighted by Gasteiger charge is -2.13. The average molecular weight is 285 g/mol. The molecule has 4 heteroatoms. The Morgan fingerprint density at radius 3 is 2.48 bits per heavy atom. The van der Waals surface area contributed by atoms with E-state index in [1.165, 1.54) is 0 Å². The maximum atomic E-state index is 12.0. The van der Waals surface area contributed by atoms with E-state index in [1.807, 2.05) is 31.2 Å². The summed E-state index contributed by atoms with van der Waals surface area (Å²) in [6.45, 7) is 3.79. The third-order valence-electron chi connectivity index (χ3n) is 3.40. The van der Waals surface area contributed by atoms with Crippen molar-refractivity contribution in [3.63, 3.8) is 0 Å². The molecule has 0 aromatic heterocycles. The Morgan fingerprint density at radius 1 is 1.14 bits per heavy atom. The molecule has 4 nitrogen and oxygen atoms in total. The number of aliphatic hydroxyl groups excluding tert-OH is 1. The van der Waals surface area contributed by atoms with E-state index in [0.29, 0.717) is 5.56 Å². The zero-order chi connectivity index (χ0) is 15.4. The van der Waals surface area contributed by atoms with Crippen LogP contribution in [0, 0.1) is 13.8 Å². The summed E-state index contributed by atoms with van der Waals surface area (Å²) in [4.78, 5) is 12.0. The Kier molecular flexibility index (Phi) is 4.60. The minimum absolute atomic E-state index is 0.0279. The lowest BCUT2D eigenvalue weighted by atomic mass is 10.1. The molecule has 0 saturated carbocycles. The van der Waals surface area contributed by atoms with Gasteiger partial charge in [0.15, 0.2) is 0 Å². The Balaban J connectivity index is 2.00. The standard InChI is InChI=1S/C17H19NO3/c1-11-6-8-13(9-7-11)15(19)10-18-17(21)14-5-3-4-12(2)16(14)20/h3-9,15,19-20H,10H2,1-2H3,(H,18,21). The van der Waals surface area contributed by atoms with Crippen molar-refractivity contribution in [3.05, 3.63) is 64.7 Å². The number of benzene rings is 2. The number of phenols is 1. The molecule has 2 rings (SSSR count). The number of amides is 1. The molecular formula is C17H19NO3. The first-order chi connectivity index (χ1) is 9.99. The highest BCUT2D eigenvalue weighted by molar-refractivity contribution is 5.97. The van der Waals surface area contributed by atoms with E-state index < -0.39 is 12.0 Å². The SMILES string of the molecule is Cc1ccc(C(O)CNC(=O)c2cccc(C)c2O)cc1. The molecule has 0 aliphatic rings. The van der Waals surface area contributed by atoms with Gasteiger partial charge in [0, 0.05) is 6.54 Å². The number of aliphatic hydroxyl groups is 1. The van der Waals surface area contributed by atoms with E-state index >= 15 is 0 Å². The van der Waals surface area contributed by atoms with Gasteiger partial charge in [-0.25, -0.2) is 0 Å². The average Bonchev–Trinajstić information content (AvgIpc) is 2.48. The van der Waals surface area contributed by atoms with Gasteiger partial charge >= 0.3 is 0 Å². The molecule has 0 heterocycles. The highest BCUT2D eigenvalue weighted by Gasteiger charge is 2.14. The van der Waals surface area contributed by atoms with Crippen LogP contribution in [0.3, 0.4) is 0 Å². The summed E-state index contributed by atoms with van der Waals surface area (Å²) in [5, 5.41) is 22.5. The van der Waals surface area contributed by atoms with Gasteiger partial charge in [0.1, 0.15) is 5.75 Å². The highest BCUT2D eigenvalue weighted by Crippen LogP contribution is 2.21. The fourth-order valence-electron chi connectivity index (χ4n) is 2.03. The van der Waals surface area contributed by atoms with Crippen molar-refractivity contribution in [2.24, 2.45) is 0 Å². The van der Waals surface area contributed by atoms with E-state index in [4.69, 9.17) is 0 Å². The van der Waals surface area contributed by atoms with E-state index in [9.17, 15) is 15.0 Å². The van der Waals surface area contributed by atoms with Gasteiger partial charge in [-0.05, 0) is 31.0 Å². The predicted octanol–water partition coefficient (Wildman–Crippen LogP) is 2.47. The van der Waals surface area contributed by atoms with Gasteiger partial charge in [0.05, 0.1) is 11.7 Å². The van der Waals surface area contributed by atoms with Crippen molar-refractivity contribution in [2.45, 2.75) is 20.0 Å². The van der Waals surface area contributed by atoms with E-state index in [2.05, 4.69) is 5.32 Å². The Labute approximate surface area is 124 Å². The molecule has 0 bridgehead atoms. The number of aromatic hydroxyl groups is 1. The molecule has 2 aromatic carbocycles. The molecule has 3 N–H and O–H groups in total. The summed E-state index contributed by atoms with van der Waals surface area (Å²) in [7, 11) is 0. The van der Waals surface area contributed by atoms with Gasteiger partial charge in [-0.2, -0.15) is 0 Å². The van der Waals surface area contributed by atoms with Crippen molar-refractivity contribution in [2.75, 3.05) is 6.54 Å². The second kappa shape index (κ2) is 6.41. The first-order valence-corrected chi connectivity index (χ1v) is 6.80. The van der Waals surface area contributed by atoms with Crippen molar-refractivity contribution in [1.82, 2.24) is 5.32 Å². The molecule has 110 valence electrons. The molecule has 0 aliphatic carbocycles. The number of para-hydroxylation sites is 1. The van der Waals surface area contributed by atoms with Crippen LogP contribution >= 0.6 is 0 Å². The number of carbonyl (C=O) groups excluding carboxylic acids is 1. The first-order valence-electron chi connectivity index (χ1n) is 6.80. The number of aryl methyl sites for hydroxylation is 2. The predicted molar refractivity (Wildman–Crippen MR) is 81.3 cm³/mol. The molecule has 0 saturated heterocycles. The number of carbonyl (C=O) groups is 1. The largest absolute Gasteiger partial charge is 0.507 e. The lowest BCUT2D eigenvalue weighted by Crippen LogP contribution is -2.28. The summed E-state index contributed by atoms with van der Waals surface area (Å²) in [5.74, 6) is -0.429. The molecule has 0 radical (unpaired) electrons. The molecule has 0 fully saturated rings. The first kappa shape index (κ1) is 15.1. The molecule has 1 unspecified atom stereocenters. The Bertz CT molecular complexity index is 635. The third-order valence-corrected chi connectivity index (χ3v) is 3.40. The zero-order valence-corrected chi connectivity index (χ0v) is 12.1. The Hall–Kier alpha value is -2.33. The van der Waals surface area contributed by atoms with Gasteiger partial charge in [0.2, 0.25) is 0 Å². The summed E-state index contributed by atoms with van der Waals surface area (Å²) in [6.07, 6.45) is -0.776. The smallest absolute Gasteiger partial charge is 0.255 e. The van der Waals surface area contributed by atoms with Crippen LogP contribution < -0.4 is 5.32 Å².